The molecule has 1 heterocycles. The third kappa shape index (κ3) is 4.67. The van der Waals surface area contributed by atoms with Crippen molar-refractivity contribution in [3.8, 4) is 0 Å². The van der Waals surface area contributed by atoms with Crippen LogP contribution in [0.5, 0.6) is 0 Å². The first-order valence-electron chi connectivity index (χ1n) is 8.13. The molecular formula is C17H32N4. The van der Waals surface area contributed by atoms with Gasteiger partial charge in [-0.25, -0.2) is 9.97 Å². The number of nitrogens with zero attached hydrogens (tertiary/aromatic N) is 3. The number of nitrogens with one attached hydrogen (secondary N) is 1. The number of anilines is 1. The molecule has 0 radical (unpaired) electrons. The van der Waals surface area contributed by atoms with Gasteiger partial charge in [-0.3, -0.25) is 0 Å². The van der Waals surface area contributed by atoms with Crippen molar-refractivity contribution in [2.75, 3.05) is 18.5 Å². The Morgan fingerprint density at radius 1 is 1.29 bits per heavy atom. The van der Waals surface area contributed by atoms with E-state index < -0.39 is 0 Å². The van der Waals surface area contributed by atoms with Crippen LogP contribution >= 0.6 is 0 Å². The van der Waals surface area contributed by atoms with Crippen molar-refractivity contribution in [1.29, 1.82) is 0 Å². The summed E-state index contributed by atoms with van der Waals surface area (Å²) in [6.45, 7) is 15.0. The summed E-state index contributed by atoms with van der Waals surface area (Å²) >= 11 is 0. The largest absolute Gasteiger partial charge is 0.367 e. The van der Waals surface area contributed by atoms with E-state index in [-0.39, 0.29) is 5.54 Å². The highest BCUT2D eigenvalue weighted by molar-refractivity contribution is 5.50. The van der Waals surface area contributed by atoms with E-state index in [4.69, 9.17) is 4.98 Å². The van der Waals surface area contributed by atoms with E-state index in [0.717, 1.165) is 43.1 Å². The highest BCUT2D eigenvalue weighted by atomic mass is 15.2. The summed E-state index contributed by atoms with van der Waals surface area (Å²) in [6.07, 6.45) is 4.20. The maximum absolute atomic E-state index is 4.80. The van der Waals surface area contributed by atoms with Crippen LogP contribution in [-0.4, -0.2) is 29.1 Å². The molecule has 0 aromatic carbocycles. The van der Waals surface area contributed by atoms with Gasteiger partial charge in [-0.05, 0) is 33.2 Å². The zero-order chi connectivity index (χ0) is 16.0. The van der Waals surface area contributed by atoms with Crippen LogP contribution in [0.1, 0.15) is 71.8 Å². The molecule has 0 atom stereocenters. The third-order valence-electron chi connectivity index (χ3n) is 4.23. The lowest BCUT2D eigenvalue weighted by atomic mass is 9.99. The second-order valence-electron chi connectivity index (χ2n) is 6.62. The molecule has 0 saturated heterocycles. The van der Waals surface area contributed by atoms with Gasteiger partial charge in [-0.2, -0.15) is 0 Å². The zero-order valence-electron chi connectivity index (χ0n) is 14.8. The fourth-order valence-electron chi connectivity index (χ4n) is 2.06. The van der Waals surface area contributed by atoms with Gasteiger partial charge in [0.25, 0.3) is 0 Å². The minimum absolute atomic E-state index is 0.0994. The topological polar surface area (TPSA) is 41.1 Å². The van der Waals surface area contributed by atoms with E-state index in [1.54, 1.807) is 0 Å². The van der Waals surface area contributed by atoms with Crippen molar-refractivity contribution in [3.05, 3.63) is 17.7 Å². The van der Waals surface area contributed by atoms with Gasteiger partial charge in [0.1, 0.15) is 5.82 Å². The molecule has 1 rings (SSSR count). The molecule has 120 valence electrons. The van der Waals surface area contributed by atoms with Crippen LogP contribution < -0.4 is 10.2 Å². The Kier molecular flexibility index (Phi) is 6.59. The van der Waals surface area contributed by atoms with Gasteiger partial charge in [-0.15, -0.1) is 0 Å². The van der Waals surface area contributed by atoms with Crippen molar-refractivity contribution in [2.45, 2.75) is 72.4 Å². The van der Waals surface area contributed by atoms with Crippen LogP contribution in [-0.2, 0) is 6.54 Å². The van der Waals surface area contributed by atoms with Crippen molar-refractivity contribution >= 4 is 5.69 Å². The SMILES string of the molecule is CCCNCc1nc(C(C)C)ncc1N(C)C(C)(C)CC. The van der Waals surface area contributed by atoms with Gasteiger partial charge >= 0.3 is 0 Å². The Morgan fingerprint density at radius 2 is 1.95 bits per heavy atom. The molecular weight excluding hydrogens is 260 g/mol. The van der Waals surface area contributed by atoms with Crippen molar-refractivity contribution in [3.63, 3.8) is 0 Å². The van der Waals surface area contributed by atoms with Gasteiger partial charge in [0.15, 0.2) is 0 Å². The molecule has 0 aliphatic heterocycles. The maximum atomic E-state index is 4.80. The summed E-state index contributed by atoms with van der Waals surface area (Å²) in [5.41, 5.74) is 2.34. The lowest BCUT2D eigenvalue weighted by Crippen LogP contribution is -2.41. The Hall–Kier alpha value is -1.16. The highest BCUT2D eigenvalue weighted by Gasteiger charge is 2.24. The Bertz CT molecular complexity index is 440. The number of hydrogen-bond donors (Lipinski definition) is 1. The fourth-order valence-corrected chi connectivity index (χ4v) is 2.06. The van der Waals surface area contributed by atoms with Crippen LogP contribution in [0.4, 0.5) is 5.69 Å². The molecule has 0 fully saturated rings. The third-order valence-corrected chi connectivity index (χ3v) is 4.23. The van der Waals surface area contributed by atoms with E-state index in [1.807, 2.05) is 6.20 Å². The molecule has 1 aromatic heterocycles. The minimum atomic E-state index is 0.0994. The molecule has 1 N–H and O–H groups in total. The van der Waals surface area contributed by atoms with Crippen molar-refractivity contribution in [1.82, 2.24) is 15.3 Å². The van der Waals surface area contributed by atoms with Gasteiger partial charge in [0.2, 0.25) is 0 Å². The summed E-state index contributed by atoms with van der Waals surface area (Å²) in [5, 5.41) is 3.47. The Morgan fingerprint density at radius 3 is 2.48 bits per heavy atom. The van der Waals surface area contributed by atoms with E-state index in [0.29, 0.717) is 5.92 Å². The van der Waals surface area contributed by atoms with Crippen molar-refractivity contribution in [2.24, 2.45) is 0 Å². The standard InChI is InChI=1S/C17H32N4/c1-8-10-18-11-14-15(21(7)17(5,6)9-2)12-19-16(20-14)13(3)4/h12-13,18H,8-11H2,1-7H3. The first kappa shape index (κ1) is 17.9. The lowest BCUT2D eigenvalue weighted by Gasteiger charge is -2.37. The van der Waals surface area contributed by atoms with E-state index in [2.05, 4.69) is 63.8 Å². The summed E-state index contributed by atoms with van der Waals surface area (Å²) in [7, 11) is 2.14. The first-order valence-corrected chi connectivity index (χ1v) is 8.13. The molecule has 21 heavy (non-hydrogen) atoms. The quantitative estimate of drug-likeness (QED) is 0.741. The van der Waals surface area contributed by atoms with Crippen LogP contribution in [0.15, 0.2) is 6.20 Å². The maximum Gasteiger partial charge on any atom is 0.131 e. The molecule has 0 bridgehead atoms. The molecule has 0 aliphatic rings. The van der Waals surface area contributed by atoms with E-state index in [1.165, 1.54) is 0 Å². The summed E-state index contributed by atoms with van der Waals surface area (Å²) in [6, 6.07) is 0. The average molecular weight is 292 g/mol. The number of rotatable bonds is 8. The molecule has 4 heteroatoms. The summed E-state index contributed by atoms with van der Waals surface area (Å²) in [4.78, 5) is 11.7. The van der Waals surface area contributed by atoms with Gasteiger partial charge < -0.3 is 10.2 Å². The molecule has 4 nitrogen and oxygen atoms in total. The molecule has 0 unspecified atom stereocenters. The van der Waals surface area contributed by atoms with E-state index in [9.17, 15) is 0 Å². The average Bonchev–Trinajstić information content (AvgIpc) is 2.46. The van der Waals surface area contributed by atoms with Crippen LogP contribution in [0.2, 0.25) is 0 Å². The smallest absolute Gasteiger partial charge is 0.131 e. The van der Waals surface area contributed by atoms with Gasteiger partial charge in [0, 0.05) is 25.0 Å². The first-order chi connectivity index (χ1) is 9.83. The van der Waals surface area contributed by atoms with Crippen LogP contribution in [0, 0.1) is 0 Å². The monoisotopic (exact) mass is 292 g/mol. The lowest BCUT2D eigenvalue weighted by molar-refractivity contribution is 0.467. The Balaban J connectivity index is 3.11. The summed E-state index contributed by atoms with van der Waals surface area (Å²) in [5.74, 6) is 1.28. The predicted octanol–water partition coefficient (Wildman–Crippen LogP) is 3.72. The molecule has 0 saturated carbocycles. The zero-order valence-corrected chi connectivity index (χ0v) is 14.8. The van der Waals surface area contributed by atoms with Crippen molar-refractivity contribution < 1.29 is 0 Å². The van der Waals surface area contributed by atoms with Crippen LogP contribution in [0.25, 0.3) is 0 Å². The molecule has 1 aromatic rings. The molecule has 0 amide bonds. The fraction of sp³-hybridized carbons (Fsp3) is 0.765. The minimum Gasteiger partial charge on any atom is -0.367 e. The predicted molar refractivity (Wildman–Crippen MR) is 90.9 cm³/mol. The normalized spacial score (nSPS) is 12.0. The second kappa shape index (κ2) is 7.74. The second-order valence-corrected chi connectivity index (χ2v) is 6.62. The number of hydrogen-bond acceptors (Lipinski definition) is 4. The molecule has 0 aliphatic carbocycles. The molecule has 0 spiro atoms. The Labute approximate surface area is 130 Å². The van der Waals surface area contributed by atoms with Crippen LogP contribution in [0.3, 0.4) is 0 Å². The van der Waals surface area contributed by atoms with Gasteiger partial charge in [0.05, 0.1) is 17.6 Å². The highest BCUT2D eigenvalue weighted by Crippen LogP contribution is 2.27. The number of aromatic nitrogens is 2. The summed E-state index contributed by atoms with van der Waals surface area (Å²) < 4.78 is 0. The van der Waals surface area contributed by atoms with Gasteiger partial charge in [-0.1, -0.05) is 27.7 Å². The van der Waals surface area contributed by atoms with E-state index >= 15 is 0 Å².